The average Bonchev–Trinajstić information content (AvgIpc) is 2.77. The highest BCUT2D eigenvalue weighted by atomic mass is 35.5. The molecule has 2 rings (SSSR count). The third kappa shape index (κ3) is 4.21. The highest BCUT2D eigenvalue weighted by Gasteiger charge is 2.28. The van der Waals surface area contributed by atoms with Crippen molar-refractivity contribution in [3.05, 3.63) is 34.3 Å². The van der Waals surface area contributed by atoms with E-state index in [4.69, 9.17) is 11.6 Å². The lowest BCUT2D eigenvalue weighted by Crippen LogP contribution is -2.48. The van der Waals surface area contributed by atoms with Crippen LogP contribution in [0.1, 0.15) is 31.4 Å². The summed E-state index contributed by atoms with van der Waals surface area (Å²) in [7, 11) is 3.64. The second-order valence-corrected chi connectivity index (χ2v) is 7.04. The number of carbonyl (C=O) groups excluding carboxylic acids is 1. The van der Waals surface area contributed by atoms with Gasteiger partial charge in [-0.05, 0) is 48.4 Å². The van der Waals surface area contributed by atoms with Gasteiger partial charge >= 0.3 is 0 Å². The van der Waals surface area contributed by atoms with E-state index in [1.165, 1.54) is 11.1 Å². The summed E-state index contributed by atoms with van der Waals surface area (Å²) in [6.07, 6.45) is 2.79. The third-order valence-corrected chi connectivity index (χ3v) is 4.22. The minimum Gasteiger partial charge on any atom is -0.347 e. The molecule has 0 radical (unpaired) electrons. The van der Waals surface area contributed by atoms with Crippen LogP contribution in [0.3, 0.4) is 0 Å². The molecule has 0 aliphatic heterocycles. The molecular formula is C17H25ClN2O. The molecule has 0 spiro atoms. The highest BCUT2D eigenvalue weighted by molar-refractivity contribution is 6.30. The summed E-state index contributed by atoms with van der Waals surface area (Å²) >= 11 is 6.06. The number of benzene rings is 1. The molecule has 4 heteroatoms. The van der Waals surface area contributed by atoms with Gasteiger partial charge in [-0.25, -0.2) is 0 Å². The predicted molar refractivity (Wildman–Crippen MR) is 87.7 cm³/mol. The first-order valence-electron chi connectivity index (χ1n) is 7.61. The van der Waals surface area contributed by atoms with E-state index in [0.717, 1.165) is 24.3 Å². The molecule has 3 nitrogen and oxygen atoms in total. The number of halogens is 1. The molecule has 21 heavy (non-hydrogen) atoms. The van der Waals surface area contributed by atoms with E-state index >= 15 is 0 Å². The number of fused-ring (bicyclic) bond motifs is 1. The molecule has 1 aliphatic carbocycles. The highest BCUT2D eigenvalue weighted by Crippen LogP contribution is 2.26. The van der Waals surface area contributed by atoms with E-state index < -0.39 is 0 Å². The Balaban J connectivity index is 2.04. The molecule has 0 heterocycles. The Kier molecular flexibility index (Phi) is 5.28. The van der Waals surface area contributed by atoms with Gasteiger partial charge < -0.3 is 10.2 Å². The first kappa shape index (κ1) is 16.3. The van der Waals surface area contributed by atoms with Crippen molar-refractivity contribution in [2.45, 2.75) is 45.2 Å². The normalized spacial score (nSPS) is 18.7. The van der Waals surface area contributed by atoms with Gasteiger partial charge in [-0.2, -0.15) is 0 Å². The number of hydrogen-bond donors (Lipinski definition) is 1. The monoisotopic (exact) mass is 308 g/mol. The number of amides is 1. The van der Waals surface area contributed by atoms with Crippen molar-refractivity contribution in [2.75, 3.05) is 14.1 Å². The molecule has 116 valence electrons. The summed E-state index contributed by atoms with van der Waals surface area (Å²) in [6, 6.07) is 6.31. The number of likely N-dealkylation sites (N-methyl/N-ethyl adjacent to an activating group) is 1. The van der Waals surface area contributed by atoms with Crippen LogP contribution in [0.2, 0.25) is 5.02 Å². The Morgan fingerprint density at radius 2 is 2.00 bits per heavy atom. The predicted octanol–water partition coefficient (Wildman–Crippen LogP) is 2.90. The zero-order valence-electron chi connectivity index (χ0n) is 13.3. The van der Waals surface area contributed by atoms with E-state index in [1.54, 1.807) is 4.90 Å². The van der Waals surface area contributed by atoms with Gasteiger partial charge in [0.2, 0.25) is 5.91 Å². The molecule has 2 unspecified atom stereocenters. The van der Waals surface area contributed by atoms with Gasteiger partial charge in [0.25, 0.3) is 0 Å². The Bertz CT molecular complexity index is 514. The van der Waals surface area contributed by atoms with Crippen molar-refractivity contribution in [1.29, 1.82) is 0 Å². The van der Waals surface area contributed by atoms with Gasteiger partial charge in [0.15, 0.2) is 0 Å². The topological polar surface area (TPSA) is 32.3 Å². The van der Waals surface area contributed by atoms with Crippen molar-refractivity contribution in [1.82, 2.24) is 10.2 Å². The van der Waals surface area contributed by atoms with Crippen molar-refractivity contribution < 1.29 is 4.79 Å². The molecule has 1 amide bonds. The molecule has 0 saturated carbocycles. The maximum Gasteiger partial charge on any atom is 0.239 e. The van der Waals surface area contributed by atoms with E-state index in [1.807, 2.05) is 26.2 Å². The van der Waals surface area contributed by atoms with Gasteiger partial charge in [0, 0.05) is 25.2 Å². The smallest absolute Gasteiger partial charge is 0.239 e. The number of nitrogens with zero attached hydrogens (tertiary/aromatic N) is 1. The number of rotatable bonds is 5. The number of carbonyl (C=O) groups is 1. The Labute approximate surface area is 132 Å². The van der Waals surface area contributed by atoms with Crippen molar-refractivity contribution in [3.63, 3.8) is 0 Å². The molecule has 0 fully saturated rings. The van der Waals surface area contributed by atoms with Crippen LogP contribution in [-0.2, 0) is 17.6 Å². The average molecular weight is 309 g/mol. The van der Waals surface area contributed by atoms with Crippen molar-refractivity contribution >= 4 is 17.5 Å². The molecule has 0 aromatic heterocycles. The first-order chi connectivity index (χ1) is 9.86. The second kappa shape index (κ2) is 6.80. The van der Waals surface area contributed by atoms with Crippen LogP contribution in [-0.4, -0.2) is 37.0 Å². The standard InChI is InChI=1S/C17H25ClN2O/c1-11(2)7-16(17(21)20(3)4)19-15-9-12-5-6-14(18)8-13(12)10-15/h5-6,8,11,15-16,19H,7,9-10H2,1-4H3. The van der Waals surface area contributed by atoms with Gasteiger partial charge in [0.05, 0.1) is 6.04 Å². The lowest BCUT2D eigenvalue weighted by Gasteiger charge is -2.26. The van der Waals surface area contributed by atoms with Gasteiger partial charge in [-0.1, -0.05) is 31.5 Å². The van der Waals surface area contributed by atoms with Crippen LogP contribution in [0.5, 0.6) is 0 Å². The van der Waals surface area contributed by atoms with Gasteiger partial charge in [-0.3, -0.25) is 4.79 Å². The van der Waals surface area contributed by atoms with Crippen LogP contribution in [0.15, 0.2) is 18.2 Å². The zero-order valence-corrected chi connectivity index (χ0v) is 14.1. The quantitative estimate of drug-likeness (QED) is 0.907. The van der Waals surface area contributed by atoms with Crippen molar-refractivity contribution in [3.8, 4) is 0 Å². The van der Waals surface area contributed by atoms with Crippen molar-refractivity contribution in [2.24, 2.45) is 5.92 Å². The van der Waals surface area contributed by atoms with E-state index in [9.17, 15) is 4.79 Å². The van der Waals surface area contributed by atoms with E-state index in [-0.39, 0.29) is 11.9 Å². The maximum absolute atomic E-state index is 12.3. The van der Waals surface area contributed by atoms with Crippen LogP contribution in [0, 0.1) is 5.92 Å². The minimum absolute atomic E-state index is 0.102. The third-order valence-electron chi connectivity index (χ3n) is 3.98. The largest absolute Gasteiger partial charge is 0.347 e. The summed E-state index contributed by atoms with van der Waals surface area (Å²) in [6.45, 7) is 4.31. The minimum atomic E-state index is -0.102. The Hall–Kier alpha value is -1.06. The summed E-state index contributed by atoms with van der Waals surface area (Å²) < 4.78 is 0. The Morgan fingerprint density at radius 1 is 1.33 bits per heavy atom. The van der Waals surface area contributed by atoms with Crippen LogP contribution < -0.4 is 5.32 Å². The lowest BCUT2D eigenvalue weighted by atomic mass is 10.0. The Morgan fingerprint density at radius 3 is 2.62 bits per heavy atom. The van der Waals surface area contributed by atoms with Crippen LogP contribution in [0.25, 0.3) is 0 Å². The molecule has 0 bridgehead atoms. The zero-order chi connectivity index (χ0) is 15.6. The SMILES string of the molecule is CC(C)CC(NC1Cc2ccc(Cl)cc2C1)C(=O)N(C)C. The van der Waals surface area contributed by atoms with Crippen LogP contribution >= 0.6 is 11.6 Å². The molecule has 1 aromatic rings. The molecule has 1 N–H and O–H groups in total. The number of nitrogens with one attached hydrogen (secondary N) is 1. The van der Waals surface area contributed by atoms with E-state index in [0.29, 0.717) is 12.0 Å². The fourth-order valence-corrected chi connectivity index (χ4v) is 3.21. The molecular weight excluding hydrogens is 284 g/mol. The van der Waals surface area contributed by atoms with Gasteiger partial charge in [-0.15, -0.1) is 0 Å². The van der Waals surface area contributed by atoms with E-state index in [2.05, 4.69) is 25.2 Å². The summed E-state index contributed by atoms with van der Waals surface area (Å²) in [5.74, 6) is 0.655. The number of hydrogen-bond acceptors (Lipinski definition) is 2. The van der Waals surface area contributed by atoms with Crippen LogP contribution in [0.4, 0.5) is 0 Å². The summed E-state index contributed by atoms with van der Waals surface area (Å²) in [5, 5.41) is 4.35. The second-order valence-electron chi connectivity index (χ2n) is 6.60. The molecule has 1 aliphatic rings. The fourth-order valence-electron chi connectivity index (χ4n) is 3.01. The maximum atomic E-state index is 12.3. The first-order valence-corrected chi connectivity index (χ1v) is 7.99. The molecule has 0 saturated heterocycles. The molecule has 1 aromatic carbocycles. The molecule has 2 atom stereocenters. The van der Waals surface area contributed by atoms with Gasteiger partial charge in [0.1, 0.15) is 0 Å². The summed E-state index contributed by atoms with van der Waals surface area (Å²) in [4.78, 5) is 14.0. The lowest BCUT2D eigenvalue weighted by molar-refractivity contribution is -0.131. The fraction of sp³-hybridized carbons (Fsp3) is 0.588. The summed E-state index contributed by atoms with van der Waals surface area (Å²) in [5.41, 5.74) is 2.65.